The molecular formula is C17H16BrN3OS. The predicted molar refractivity (Wildman–Crippen MR) is 95.2 cm³/mol. The standard InChI is InChI=1S/C17H16BrN3OS/c18-14-9-12-13(23-14)7-4-8-17(12)15(22)21(16(19)20-17)10-11-5-2-1-3-6-11/h1-3,5-6,9H,4,7-8,10H2,(H2,19,20). The van der Waals surface area contributed by atoms with Gasteiger partial charge in [0, 0.05) is 10.4 Å². The summed E-state index contributed by atoms with van der Waals surface area (Å²) in [5.41, 5.74) is 7.41. The van der Waals surface area contributed by atoms with E-state index in [2.05, 4.69) is 20.9 Å². The van der Waals surface area contributed by atoms with Gasteiger partial charge < -0.3 is 5.73 Å². The van der Waals surface area contributed by atoms with Gasteiger partial charge in [0.1, 0.15) is 0 Å². The van der Waals surface area contributed by atoms with Gasteiger partial charge in [0.15, 0.2) is 11.5 Å². The van der Waals surface area contributed by atoms with Gasteiger partial charge in [-0.1, -0.05) is 30.3 Å². The minimum absolute atomic E-state index is 0.00473. The fourth-order valence-electron chi connectivity index (χ4n) is 3.46. The first-order chi connectivity index (χ1) is 11.1. The summed E-state index contributed by atoms with van der Waals surface area (Å²) < 4.78 is 1.05. The summed E-state index contributed by atoms with van der Waals surface area (Å²) in [6.07, 6.45) is 2.70. The minimum atomic E-state index is -0.811. The fraction of sp³-hybridized carbons (Fsp3) is 0.294. The summed E-state index contributed by atoms with van der Waals surface area (Å²) in [5, 5.41) is 0. The largest absolute Gasteiger partial charge is 0.369 e. The highest BCUT2D eigenvalue weighted by atomic mass is 79.9. The molecule has 0 saturated heterocycles. The van der Waals surface area contributed by atoms with E-state index in [0.717, 1.165) is 34.2 Å². The molecule has 118 valence electrons. The van der Waals surface area contributed by atoms with E-state index in [4.69, 9.17) is 5.73 Å². The summed E-state index contributed by atoms with van der Waals surface area (Å²) >= 11 is 5.24. The SMILES string of the molecule is NC1=NC2(CCCc3sc(Br)cc32)C(=O)N1Cc1ccccc1. The molecule has 2 N–H and O–H groups in total. The van der Waals surface area contributed by atoms with Crippen LogP contribution in [-0.4, -0.2) is 16.8 Å². The van der Waals surface area contributed by atoms with E-state index in [1.165, 1.54) is 4.88 Å². The summed E-state index contributed by atoms with van der Waals surface area (Å²) in [6, 6.07) is 11.9. The normalized spacial score (nSPS) is 23.3. The average Bonchev–Trinajstić information content (AvgIpc) is 3.03. The Bertz CT molecular complexity index is 801. The Hall–Kier alpha value is -1.66. The zero-order chi connectivity index (χ0) is 16.0. The fourth-order valence-corrected chi connectivity index (χ4v) is 5.27. The van der Waals surface area contributed by atoms with E-state index in [1.54, 1.807) is 16.2 Å². The van der Waals surface area contributed by atoms with Crippen LogP contribution >= 0.6 is 27.3 Å². The number of nitrogens with zero attached hydrogens (tertiary/aromatic N) is 2. The zero-order valence-corrected chi connectivity index (χ0v) is 14.9. The van der Waals surface area contributed by atoms with Crippen molar-refractivity contribution in [3.05, 3.63) is 56.2 Å². The van der Waals surface area contributed by atoms with Crippen LogP contribution in [0.15, 0.2) is 45.2 Å². The lowest BCUT2D eigenvalue weighted by atomic mass is 9.80. The van der Waals surface area contributed by atoms with E-state index in [1.807, 2.05) is 36.4 Å². The van der Waals surface area contributed by atoms with E-state index >= 15 is 0 Å². The van der Waals surface area contributed by atoms with Gasteiger partial charge >= 0.3 is 0 Å². The number of benzene rings is 1. The maximum absolute atomic E-state index is 13.2. The van der Waals surface area contributed by atoms with E-state index in [9.17, 15) is 4.79 Å². The van der Waals surface area contributed by atoms with Crippen LogP contribution in [-0.2, 0) is 23.3 Å². The molecule has 1 unspecified atom stereocenters. The third kappa shape index (κ3) is 2.32. The van der Waals surface area contributed by atoms with Crippen molar-refractivity contribution in [2.24, 2.45) is 10.7 Å². The molecule has 1 spiro atoms. The number of rotatable bonds is 2. The van der Waals surface area contributed by atoms with Crippen molar-refractivity contribution in [3.63, 3.8) is 0 Å². The van der Waals surface area contributed by atoms with Gasteiger partial charge in [-0.25, -0.2) is 4.99 Å². The Morgan fingerprint density at radius 1 is 1.35 bits per heavy atom. The first-order valence-electron chi connectivity index (χ1n) is 7.60. The molecule has 4 rings (SSSR count). The number of aryl methyl sites for hydroxylation is 1. The highest BCUT2D eigenvalue weighted by Gasteiger charge is 2.51. The second kappa shape index (κ2) is 5.46. The molecule has 6 heteroatoms. The van der Waals surface area contributed by atoms with E-state index in [0.29, 0.717) is 12.5 Å². The number of guanidine groups is 1. The van der Waals surface area contributed by atoms with Crippen molar-refractivity contribution in [2.45, 2.75) is 31.3 Å². The number of carbonyl (C=O) groups excluding carboxylic acids is 1. The molecule has 0 fully saturated rings. The average molecular weight is 390 g/mol. The molecular weight excluding hydrogens is 374 g/mol. The number of aliphatic imine (C=N–C) groups is 1. The summed E-state index contributed by atoms with van der Waals surface area (Å²) in [5.74, 6) is 0.333. The smallest absolute Gasteiger partial charge is 0.262 e. The maximum Gasteiger partial charge on any atom is 0.262 e. The molecule has 1 aliphatic heterocycles. The highest BCUT2D eigenvalue weighted by molar-refractivity contribution is 9.11. The topological polar surface area (TPSA) is 58.7 Å². The lowest BCUT2D eigenvalue weighted by molar-refractivity contribution is -0.132. The Morgan fingerprint density at radius 3 is 2.91 bits per heavy atom. The molecule has 1 amide bonds. The van der Waals surface area contributed by atoms with Crippen LogP contribution in [0, 0.1) is 0 Å². The Balaban J connectivity index is 1.72. The van der Waals surface area contributed by atoms with Crippen LogP contribution in [0.4, 0.5) is 0 Å². The van der Waals surface area contributed by atoms with Crippen molar-refractivity contribution in [1.29, 1.82) is 0 Å². The van der Waals surface area contributed by atoms with Crippen molar-refractivity contribution in [1.82, 2.24) is 4.90 Å². The highest BCUT2D eigenvalue weighted by Crippen LogP contribution is 2.47. The van der Waals surface area contributed by atoms with E-state index in [-0.39, 0.29) is 5.91 Å². The molecule has 1 aromatic carbocycles. The van der Waals surface area contributed by atoms with Crippen molar-refractivity contribution in [3.8, 4) is 0 Å². The van der Waals surface area contributed by atoms with Crippen LogP contribution in [0.2, 0.25) is 0 Å². The third-order valence-corrected chi connectivity index (χ3v) is 6.23. The number of thiophene rings is 1. The van der Waals surface area contributed by atoms with Crippen LogP contribution in [0.3, 0.4) is 0 Å². The van der Waals surface area contributed by atoms with Gasteiger partial charge in [-0.15, -0.1) is 11.3 Å². The minimum Gasteiger partial charge on any atom is -0.369 e. The molecule has 0 bridgehead atoms. The number of halogens is 1. The lowest BCUT2D eigenvalue weighted by Gasteiger charge is -2.30. The number of hydrogen-bond donors (Lipinski definition) is 1. The molecule has 0 saturated carbocycles. The first kappa shape index (κ1) is 14.9. The maximum atomic E-state index is 13.2. The summed E-state index contributed by atoms with van der Waals surface area (Å²) in [4.78, 5) is 20.7. The molecule has 2 aliphatic rings. The van der Waals surface area contributed by atoms with Crippen molar-refractivity contribution >= 4 is 39.1 Å². The summed E-state index contributed by atoms with van der Waals surface area (Å²) in [6.45, 7) is 0.470. The zero-order valence-electron chi connectivity index (χ0n) is 12.5. The van der Waals surface area contributed by atoms with Crippen LogP contribution in [0.5, 0.6) is 0 Å². The predicted octanol–water partition coefficient (Wildman–Crippen LogP) is 3.40. The Kier molecular flexibility index (Phi) is 3.54. The monoisotopic (exact) mass is 389 g/mol. The van der Waals surface area contributed by atoms with Gasteiger partial charge in [0.2, 0.25) is 0 Å². The van der Waals surface area contributed by atoms with Gasteiger partial charge in [0.25, 0.3) is 5.91 Å². The van der Waals surface area contributed by atoms with Crippen LogP contribution < -0.4 is 5.73 Å². The molecule has 0 radical (unpaired) electrons. The molecule has 2 heterocycles. The number of carbonyl (C=O) groups is 1. The van der Waals surface area contributed by atoms with E-state index < -0.39 is 5.54 Å². The number of nitrogens with two attached hydrogens (primary N) is 1. The quantitative estimate of drug-likeness (QED) is 0.855. The van der Waals surface area contributed by atoms with Gasteiger partial charge in [-0.2, -0.15) is 0 Å². The molecule has 23 heavy (non-hydrogen) atoms. The van der Waals surface area contributed by atoms with Crippen LogP contribution in [0.25, 0.3) is 0 Å². The molecule has 1 aromatic heterocycles. The van der Waals surface area contributed by atoms with Gasteiger partial charge in [-0.05, 0) is 46.8 Å². The number of fused-ring (bicyclic) bond motifs is 2. The van der Waals surface area contributed by atoms with Gasteiger partial charge in [-0.3, -0.25) is 9.69 Å². The second-order valence-electron chi connectivity index (χ2n) is 5.95. The van der Waals surface area contributed by atoms with Gasteiger partial charge in [0.05, 0.1) is 10.3 Å². The molecule has 1 atom stereocenters. The number of amides is 1. The Morgan fingerprint density at radius 2 is 2.13 bits per heavy atom. The van der Waals surface area contributed by atoms with Crippen molar-refractivity contribution in [2.75, 3.05) is 0 Å². The third-order valence-electron chi connectivity index (χ3n) is 4.53. The summed E-state index contributed by atoms with van der Waals surface area (Å²) in [7, 11) is 0. The van der Waals surface area contributed by atoms with Crippen LogP contribution in [0.1, 0.15) is 28.8 Å². The molecule has 1 aliphatic carbocycles. The van der Waals surface area contributed by atoms with Crippen molar-refractivity contribution < 1.29 is 4.79 Å². The number of hydrogen-bond acceptors (Lipinski definition) is 4. The second-order valence-corrected chi connectivity index (χ2v) is 8.46. The first-order valence-corrected chi connectivity index (χ1v) is 9.21. The Labute approximate surface area is 147 Å². The molecule has 4 nitrogen and oxygen atoms in total. The lowest BCUT2D eigenvalue weighted by Crippen LogP contribution is -2.43. The molecule has 2 aromatic rings.